The lowest BCUT2D eigenvalue weighted by atomic mass is 10.1. The van der Waals surface area contributed by atoms with Gasteiger partial charge in [0.1, 0.15) is 5.60 Å². The van der Waals surface area contributed by atoms with Crippen LogP contribution in [0.5, 0.6) is 0 Å². The van der Waals surface area contributed by atoms with Gasteiger partial charge in [-0.15, -0.1) is 0 Å². The average Bonchev–Trinajstić information content (AvgIpc) is 2.14. The fraction of sp³-hybridized carbons (Fsp3) is 0.385. The highest BCUT2D eigenvalue weighted by atomic mass is 16.6. The Hall–Kier alpha value is -1.44. The summed E-state index contributed by atoms with van der Waals surface area (Å²) in [5.74, 6) is -0.00801. The summed E-state index contributed by atoms with van der Waals surface area (Å²) in [5, 5.41) is 9.49. The summed E-state index contributed by atoms with van der Waals surface area (Å²) in [6, 6.07) is 9.95. The van der Waals surface area contributed by atoms with E-state index >= 15 is 0 Å². The number of benzene rings is 1. The number of rotatable bonds is 3. The molecular formula is C13H18O2. The minimum absolute atomic E-state index is 0.00801. The van der Waals surface area contributed by atoms with Crippen molar-refractivity contribution in [1.82, 2.24) is 0 Å². The van der Waals surface area contributed by atoms with Gasteiger partial charge >= 0.3 is 0 Å². The average molecular weight is 206 g/mol. The second-order valence-electron chi connectivity index (χ2n) is 4.45. The van der Waals surface area contributed by atoms with Crippen LogP contribution in [0.15, 0.2) is 42.4 Å². The van der Waals surface area contributed by atoms with E-state index in [-0.39, 0.29) is 11.5 Å². The molecule has 1 N–H and O–H groups in total. The Morgan fingerprint density at radius 1 is 1.27 bits per heavy atom. The second kappa shape index (κ2) is 4.87. The van der Waals surface area contributed by atoms with Gasteiger partial charge in [-0.2, -0.15) is 0 Å². The normalized spacial score (nSPS) is 12.6. The van der Waals surface area contributed by atoms with Crippen LogP contribution >= 0.6 is 0 Å². The Bertz CT molecular complexity index is 320. The Labute approximate surface area is 91.2 Å². The molecule has 0 aliphatic heterocycles. The van der Waals surface area contributed by atoms with Crippen molar-refractivity contribution in [3.8, 4) is 0 Å². The van der Waals surface area contributed by atoms with E-state index in [1.54, 1.807) is 6.08 Å². The standard InChI is InChI=1S/C13H18O2/c1-13(2,3)15-12(14)10-9-11-7-5-4-6-8-11/h4-8,10,14H,9H2,1-3H3/b12-10-. The number of aliphatic hydroxyl groups is 1. The van der Waals surface area contributed by atoms with Crippen molar-refractivity contribution in [3.63, 3.8) is 0 Å². The highest BCUT2D eigenvalue weighted by molar-refractivity contribution is 5.17. The third kappa shape index (κ3) is 5.11. The lowest BCUT2D eigenvalue weighted by Crippen LogP contribution is -2.18. The number of ether oxygens (including phenoxy) is 1. The van der Waals surface area contributed by atoms with E-state index in [2.05, 4.69) is 0 Å². The summed E-state index contributed by atoms with van der Waals surface area (Å²) in [5.41, 5.74) is 0.804. The van der Waals surface area contributed by atoms with Crippen LogP contribution in [-0.2, 0) is 11.2 Å². The van der Waals surface area contributed by atoms with Crippen LogP contribution in [0, 0.1) is 0 Å². The molecule has 0 unspecified atom stereocenters. The molecule has 0 fully saturated rings. The molecule has 0 radical (unpaired) electrons. The minimum Gasteiger partial charge on any atom is -0.481 e. The van der Waals surface area contributed by atoms with E-state index in [0.29, 0.717) is 6.42 Å². The minimum atomic E-state index is -0.350. The fourth-order valence-corrected chi connectivity index (χ4v) is 1.17. The number of hydrogen-bond acceptors (Lipinski definition) is 2. The topological polar surface area (TPSA) is 29.5 Å². The zero-order valence-corrected chi connectivity index (χ0v) is 9.53. The van der Waals surface area contributed by atoms with Gasteiger partial charge in [-0.25, -0.2) is 0 Å². The van der Waals surface area contributed by atoms with Gasteiger partial charge in [0.2, 0.25) is 0 Å². The molecule has 0 heterocycles. The SMILES string of the molecule is CC(C)(C)O/C(O)=C\Cc1ccccc1. The van der Waals surface area contributed by atoms with Crippen LogP contribution in [-0.4, -0.2) is 10.7 Å². The molecular weight excluding hydrogens is 188 g/mol. The summed E-state index contributed by atoms with van der Waals surface area (Å²) >= 11 is 0. The van der Waals surface area contributed by atoms with E-state index in [9.17, 15) is 5.11 Å². The molecule has 0 aromatic heterocycles. The summed E-state index contributed by atoms with van der Waals surface area (Å²) in [6.45, 7) is 5.71. The first kappa shape index (κ1) is 11.6. The lowest BCUT2D eigenvalue weighted by molar-refractivity contribution is -0.0151. The number of aliphatic hydroxyl groups excluding tert-OH is 1. The zero-order chi connectivity index (χ0) is 11.3. The molecule has 0 spiro atoms. The molecule has 82 valence electrons. The third-order valence-electron chi connectivity index (χ3n) is 1.77. The van der Waals surface area contributed by atoms with E-state index in [1.165, 1.54) is 0 Å². The second-order valence-corrected chi connectivity index (χ2v) is 4.45. The smallest absolute Gasteiger partial charge is 0.273 e. The molecule has 0 aliphatic carbocycles. The summed E-state index contributed by atoms with van der Waals surface area (Å²) in [7, 11) is 0. The van der Waals surface area contributed by atoms with Crippen LogP contribution in [0.2, 0.25) is 0 Å². The van der Waals surface area contributed by atoms with Crippen LogP contribution in [0.4, 0.5) is 0 Å². The monoisotopic (exact) mass is 206 g/mol. The summed E-state index contributed by atoms with van der Waals surface area (Å²) in [4.78, 5) is 0. The molecule has 2 nitrogen and oxygen atoms in total. The van der Waals surface area contributed by atoms with Gasteiger partial charge in [0.25, 0.3) is 5.95 Å². The molecule has 0 saturated carbocycles. The molecule has 0 atom stereocenters. The third-order valence-corrected chi connectivity index (χ3v) is 1.77. The van der Waals surface area contributed by atoms with Crippen LogP contribution < -0.4 is 0 Å². The van der Waals surface area contributed by atoms with Crippen molar-refractivity contribution < 1.29 is 9.84 Å². The molecule has 1 rings (SSSR count). The van der Waals surface area contributed by atoms with Crippen molar-refractivity contribution in [2.24, 2.45) is 0 Å². The van der Waals surface area contributed by atoms with Crippen molar-refractivity contribution in [2.45, 2.75) is 32.8 Å². The largest absolute Gasteiger partial charge is 0.481 e. The molecule has 0 aliphatic rings. The Morgan fingerprint density at radius 3 is 2.40 bits per heavy atom. The van der Waals surface area contributed by atoms with Gasteiger partial charge in [-0.1, -0.05) is 30.3 Å². The maximum Gasteiger partial charge on any atom is 0.273 e. The summed E-state index contributed by atoms with van der Waals surface area (Å²) in [6.07, 6.45) is 2.36. The molecule has 0 bridgehead atoms. The molecule has 1 aromatic rings. The van der Waals surface area contributed by atoms with Gasteiger partial charge in [0.15, 0.2) is 0 Å². The molecule has 1 aromatic carbocycles. The predicted octanol–water partition coefficient (Wildman–Crippen LogP) is 3.44. The Morgan fingerprint density at radius 2 is 1.87 bits per heavy atom. The van der Waals surface area contributed by atoms with Crippen molar-refractivity contribution in [3.05, 3.63) is 47.9 Å². The van der Waals surface area contributed by atoms with Crippen molar-refractivity contribution in [2.75, 3.05) is 0 Å². The van der Waals surface area contributed by atoms with Gasteiger partial charge < -0.3 is 9.84 Å². The van der Waals surface area contributed by atoms with E-state index in [4.69, 9.17) is 4.74 Å². The molecule has 0 saturated heterocycles. The molecule has 0 amide bonds. The predicted molar refractivity (Wildman–Crippen MR) is 61.7 cm³/mol. The van der Waals surface area contributed by atoms with Gasteiger partial charge in [-0.05, 0) is 32.8 Å². The summed E-state index contributed by atoms with van der Waals surface area (Å²) < 4.78 is 5.28. The van der Waals surface area contributed by atoms with E-state index < -0.39 is 0 Å². The van der Waals surface area contributed by atoms with Gasteiger partial charge in [0.05, 0.1) is 0 Å². The maximum absolute atomic E-state index is 9.49. The Balaban J connectivity index is 2.51. The number of hydrogen-bond donors (Lipinski definition) is 1. The van der Waals surface area contributed by atoms with Gasteiger partial charge in [-0.3, -0.25) is 0 Å². The van der Waals surface area contributed by atoms with E-state index in [0.717, 1.165) is 5.56 Å². The van der Waals surface area contributed by atoms with E-state index in [1.807, 2.05) is 51.1 Å². The highest BCUT2D eigenvalue weighted by Crippen LogP contribution is 2.12. The first-order valence-electron chi connectivity index (χ1n) is 5.09. The van der Waals surface area contributed by atoms with Gasteiger partial charge in [0, 0.05) is 6.08 Å². The zero-order valence-electron chi connectivity index (χ0n) is 9.53. The van der Waals surface area contributed by atoms with Crippen LogP contribution in [0.1, 0.15) is 26.3 Å². The molecule has 2 heteroatoms. The molecule has 15 heavy (non-hydrogen) atoms. The fourth-order valence-electron chi connectivity index (χ4n) is 1.17. The Kier molecular flexibility index (Phi) is 3.78. The van der Waals surface area contributed by atoms with Crippen LogP contribution in [0.3, 0.4) is 0 Å². The lowest BCUT2D eigenvalue weighted by Gasteiger charge is -2.19. The van der Waals surface area contributed by atoms with Crippen molar-refractivity contribution in [1.29, 1.82) is 0 Å². The first-order valence-corrected chi connectivity index (χ1v) is 5.09. The highest BCUT2D eigenvalue weighted by Gasteiger charge is 2.12. The van der Waals surface area contributed by atoms with Crippen molar-refractivity contribution >= 4 is 0 Å². The van der Waals surface area contributed by atoms with Crippen LogP contribution in [0.25, 0.3) is 0 Å². The first-order chi connectivity index (χ1) is 6.97. The quantitative estimate of drug-likeness (QED) is 0.767. The maximum atomic E-state index is 9.49. The number of allylic oxidation sites excluding steroid dienone is 1.